The van der Waals surface area contributed by atoms with Gasteiger partial charge < -0.3 is 9.64 Å². The van der Waals surface area contributed by atoms with Gasteiger partial charge in [-0.3, -0.25) is 4.57 Å². The second-order valence-electron chi connectivity index (χ2n) is 5.90. The molecule has 2 bridgehead atoms. The van der Waals surface area contributed by atoms with Crippen molar-refractivity contribution in [3.8, 4) is 0 Å². The Morgan fingerprint density at radius 3 is 3.00 bits per heavy atom. The molecule has 0 unspecified atom stereocenters. The number of halogens is 1. The van der Waals surface area contributed by atoms with Crippen LogP contribution < -0.4 is 10.6 Å². The first-order valence-corrected chi connectivity index (χ1v) is 6.49. The number of rotatable bonds is 2. The number of aromatic nitrogens is 2. The lowest BCUT2D eigenvalue weighted by atomic mass is 9.62. The predicted octanol–water partition coefficient (Wildman–Crippen LogP) is 0.896. The topological polar surface area (TPSA) is 47.4 Å². The molecule has 1 spiro atoms. The second-order valence-corrected chi connectivity index (χ2v) is 6.29. The van der Waals surface area contributed by atoms with Crippen LogP contribution in [-0.2, 0) is 11.3 Å². The highest BCUT2D eigenvalue weighted by molar-refractivity contribution is 6.29. The molecule has 96 valence electrons. The van der Waals surface area contributed by atoms with Gasteiger partial charge in [-0.05, 0) is 12.8 Å². The highest BCUT2D eigenvalue weighted by atomic mass is 35.5. The second kappa shape index (κ2) is 3.08. The molecule has 0 N–H and O–H groups in total. The lowest BCUT2D eigenvalue weighted by molar-refractivity contribution is 0.0171. The van der Waals surface area contributed by atoms with E-state index in [1.165, 1.54) is 0 Å². The summed E-state index contributed by atoms with van der Waals surface area (Å²) in [6, 6.07) is 1.80. The summed E-state index contributed by atoms with van der Waals surface area (Å²) in [5.74, 6) is 0.926. The summed E-state index contributed by atoms with van der Waals surface area (Å²) in [4.78, 5) is 18.0. The monoisotopic (exact) mass is 267 g/mol. The molecule has 0 amide bonds. The minimum Gasteiger partial charge on any atom is -0.384 e. The molecule has 0 radical (unpaired) electrons. The van der Waals surface area contributed by atoms with Crippen LogP contribution in [0.5, 0.6) is 0 Å². The molecule has 1 aromatic rings. The fourth-order valence-electron chi connectivity index (χ4n) is 4.26. The van der Waals surface area contributed by atoms with Crippen LogP contribution >= 0.6 is 11.6 Å². The van der Waals surface area contributed by atoms with E-state index in [1.807, 2.05) is 0 Å². The molecule has 0 aromatic carbocycles. The number of nitrogens with zero attached hydrogens (tertiary/aromatic N) is 3. The van der Waals surface area contributed by atoms with E-state index < -0.39 is 0 Å². The van der Waals surface area contributed by atoms with Crippen molar-refractivity contribution >= 4 is 17.4 Å². The molecule has 18 heavy (non-hydrogen) atoms. The Morgan fingerprint density at radius 1 is 1.50 bits per heavy atom. The number of ether oxygens (including phenoxy) is 1. The number of fused-ring (bicyclic) bond motifs is 1. The van der Waals surface area contributed by atoms with Gasteiger partial charge in [0.25, 0.3) is 0 Å². The number of methoxy groups -OCH3 is 1. The summed E-state index contributed by atoms with van der Waals surface area (Å²) in [5.41, 5.74) is 0.175. The molecule has 0 atom stereocenters. The van der Waals surface area contributed by atoms with E-state index in [4.69, 9.17) is 16.3 Å². The van der Waals surface area contributed by atoms with Gasteiger partial charge in [-0.15, -0.1) is 0 Å². The van der Waals surface area contributed by atoms with Crippen LogP contribution in [0.1, 0.15) is 12.8 Å². The molecule has 5 rings (SSSR count). The van der Waals surface area contributed by atoms with Gasteiger partial charge in [0, 0.05) is 25.1 Å². The lowest BCUT2D eigenvalue weighted by Gasteiger charge is -2.44. The maximum absolute atomic E-state index is 11.8. The highest BCUT2D eigenvalue weighted by Gasteiger charge is 2.68. The Bertz CT molecular complexity index is 591. The van der Waals surface area contributed by atoms with Gasteiger partial charge in [-0.25, -0.2) is 4.79 Å². The van der Waals surface area contributed by atoms with Gasteiger partial charge in [-0.2, -0.15) is 4.98 Å². The van der Waals surface area contributed by atoms with Crippen LogP contribution in [0.3, 0.4) is 0 Å². The molecule has 6 heteroatoms. The average Bonchev–Trinajstić information content (AvgIpc) is 2.80. The summed E-state index contributed by atoms with van der Waals surface area (Å²) >= 11 is 5.90. The predicted molar refractivity (Wildman–Crippen MR) is 67.1 cm³/mol. The zero-order chi connectivity index (χ0) is 12.5. The smallest absolute Gasteiger partial charge is 0.350 e. The van der Waals surface area contributed by atoms with E-state index in [2.05, 4.69) is 9.88 Å². The molecule has 2 saturated heterocycles. The van der Waals surface area contributed by atoms with Crippen LogP contribution in [0, 0.1) is 5.41 Å². The maximum Gasteiger partial charge on any atom is 0.350 e. The molecule has 1 aliphatic carbocycles. The van der Waals surface area contributed by atoms with Crippen molar-refractivity contribution in [1.82, 2.24) is 9.55 Å². The Labute approximate surface area is 109 Å². The summed E-state index contributed by atoms with van der Waals surface area (Å²) in [6.45, 7) is 2.51. The van der Waals surface area contributed by atoms with E-state index in [-0.39, 0.29) is 21.8 Å². The van der Waals surface area contributed by atoms with Crippen LogP contribution in [0.2, 0.25) is 5.15 Å². The first-order chi connectivity index (χ1) is 8.57. The Morgan fingerprint density at radius 2 is 2.28 bits per heavy atom. The largest absolute Gasteiger partial charge is 0.384 e. The van der Waals surface area contributed by atoms with Gasteiger partial charge in [0.15, 0.2) is 0 Å². The summed E-state index contributed by atoms with van der Waals surface area (Å²) in [7, 11) is 1.75. The van der Waals surface area contributed by atoms with Crippen molar-refractivity contribution in [1.29, 1.82) is 0 Å². The van der Waals surface area contributed by atoms with Crippen LogP contribution in [-0.4, -0.2) is 35.4 Å². The van der Waals surface area contributed by atoms with Crippen molar-refractivity contribution in [3.05, 3.63) is 21.7 Å². The van der Waals surface area contributed by atoms with Gasteiger partial charge in [0.1, 0.15) is 11.0 Å². The van der Waals surface area contributed by atoms with E-state index in [0.717, 1.165) is 38.4 Å². The zero-order valence-electron chi connectivity index (χ0n) is 10.1. The number of anilines is 1. The van der Waals surface area contributed by atoms with Crippen molar-refractivity contribution in [3.63, 3.8) is 0 Å². The minimum atomic E-state index is -0.231. The van der Waals surface area contributed by atoms with Gasteiger partial charge in [0.2, 0.25) is 0 Å². The Balaban J connectivity index is 1.78. The van der Waals surface area contributed by atoms with Crippen LogP contribution in [0.4, 0.5) is 5.82 Å². The average molecular weight is 268 g/mol. The van der Waals surface area contributed by atoms with Gasteiger partial charge >= 0.3 is 5.69 Å². The van der Waals surface area contributed by atoms with E-state index >= 15 is 0 Å². The molecular weight excluding hydrogens is 254 g/mol. The first-order valence-electron chi connectivity index (χ1n) is 6.12. The highest BCUT2D eigenvalue weighted by Crippen LogP contribution is 2.63. The van der Waals surface area contributed by atoms with Crippen molar-refractivity contribution in [2.24, 2.45) is 5.41 Å². The van der Waals surface area contributed by atoms with Crippen molar-refractivity contribution < 1.29 is 4.74 Å². The van der Waals surface area contributed by atoms with Crippen LogP contribution in [0.25, 0.3) is 0 Å². The standard InChI is InChI=1S/C12H14ClN3O2/c1-18-7-11-3-12(4-11)6-15-9(16(12)5-11)2-8(13)14-10(15)17/h2H,3-7H2,1H3. The zero-order valence-corrected chi connectivity index (χ0v) is 10.9. The maximum atomic E-state index is 11.8. The molecule has 5 nitrogen and oxygen atoms in total. The minimum absolute atomic E-state index is 0.122. The quantitative estimate of drug-likeness (QED) is 0.747. The molecule has 3 fully saturated rings. The van der Waals surface area contributed by atoms with E-state index in [9.17, 15) is 4.79 Å². The SMILES string of the molecule is COCC12CN3c4cc(Cl)nc(=O)n4CC3(C1)C2. The lowest BCUT2D eigenvalue weighted by Crippen LogP contribution is -2.50. The van der Waals surface area contributed by atoms with Crippen LogP contribution in [0.15, 0.2) is 10.9 Å². The third-order valence-electron chi connectivity index (χ3n) is 4.61. The van der Waals surface area contributed by atoms with Crippen molar-refractivity contribution in [2.45, 2.75) is 24.9 Å². The van der Waals surface area contributed by atoms with Gasteiger partial charge in [0.05, 0.1) is 18.7 Å². The molecule has 1 aromatic heterocycles. The fourth-order valence-corrected chi connectivity index (χ4v) is 4.43. The normalized spacial score (nSPS) is 35.3. The summed E-state index contributed by atoms with van der Waals surface area (Å²) < 4.78 is 7.08. The Hall–Kier alpha value is -1.07. The van der Waals surface area contributed by atoms with E-state index in [1.54, 1.807) is 17.7 Å². The fraction of sp³-hybridized carbons (Fsp3) is 0.667. The number of hydrogen-bond donors (Lipinski definition) is 0. The van der Waals surface area contributed by atoms with E-state index in [0.29, 0.717) is 0 Å². The molecular formula is C12H14ClN3O2. The van der Waals surface area contributed by atoms with Gasteiger partial charge in [-0.1, -0.05) is 11.6 Å². The first kappa shape index (κ1) is 10.8. The molecule has 4 heterocycles. The van der Waals surface area contributed by atoms with Crippen molar-refractivity contribution in [2.75, 3.05) is 25.2 Å². The molecule has 3 aliphatic heterocycles. The number of hydrogen-bond acceptors (Lipinski definition) is 4. The molecule has 1 saturated carbocycles. The summed E-state index contributed by atoms with van der Waals surface area (Å²) in [6.07, 6.45) is 2.21. The third kappa shape index (κ3) is 1.12. The molecule has 4 aliphatic rings. The summed E-state index contributed by atoms with van der Waals surface area (Å²) in [5, 5.41) is 0.285. The third-order valence-corrected chi connectivity index (χ3v) is 4.81. The Kier molecular flexibility index (Phi) is 1.85.